The average Bonchev–Trinajstić information content (AvgIpc) is 3.09. The van der Waals surface area contributed by atoms with Crippen molar-refractivity contribution in [3.05, 3.63) is 16.1 Å². The molecule has 2 fully saturated rings. The average molecular weight is 337 g/mol. The Morgan fingerprint density at radius 3 is 2.96 bits per heavy atom. The van der Waals surface area contributed by atoms with Crippen molar-refractivity contribution in [2.75, 3.05) is 40.3 Å². The molecule has 3 amide bonds. The maximum atomic E-state index is 12.5. The molecule has 0 radical (unpaired) electrons. The van der Waals surface area contributed by atoms with E-state index in [9.17, 15) is 9.59 Å². The van der Waals surface area contributed by atoms with Gasteiger partial charge in [0.1, 0.15) is 6.54 Å². The van der Waals surface area contributed by atoms with Crippen molar-refractivity contribution in [1.82, 2.24) is 25.0 Å². The second-order valence-electron chi connectivity index (χ2n) is 6.58. The Labute approximate surface area is 140 Å². The molecule has 0 bridgehead atoms. The highest BCUT2D eigenvalue weighted by Crippen LogP contribution is 2.31. The van der Waals surface area contributed by atoms with E-state index in [4.69, 9.17) is 0 Å². The Morgan fingerprint density at radius 1 is 1.52 bits per heavy atom. The zero-order chi connectivity index (χ0) is 16.6. The highest BCUT2D eigenvalue weighted by Gasteiger charge is 2.48. The molecule has 1 atom stereocenters. The van der Waals surface area contributed by atoms with Crippen LogP contribution in [0, 0.1) is 6.92 Å². The molecular weight excluding hydrogens is 314 g/mol. The van der Waals surface area contributed by atoms with E-state index in [1.807, 2.05) is 6.92 Å². The fourth-order valence-corrected chi connectivity index (χ4v) is 3.99. The van der Waals surface area contributed by atoms with Crippen molar-refractivity contribution in [3.8, 4) is 0 Å². The number of thiazole rings is 1. The third-order valence-corrected chi connectivity index (χ3v) is 5.39. The number of carbonyl (C=O) groups excluding carboxylic acids is 2. The van der Waals surface area contributed by atoms with Crippen LogP contribution in [0.25, 0.3) is 0 Å². The minimum absolute atomic E-state index is 0.0839. The molecule has 0 aromatic carbocycles. The monoisotopic (exact) mass is 337 g/mol. The number of hydrogen-bond acceptors (Lipinski definition) is 5. The molecule has 7 nitrogen and oxygen atoms in total. The number of rotatable bonds is 2. The Kier molecular flexibility index (Phi) is 4.29. The van der Waals surface area contributed by atoms with Crippen LogP contribution in [0.15, 0.2) is 5.38 Å². The number of hydrogen-bond donors (Lipinski definition) is 1. The summed E-state index contributed by atoms with van der Waals surface area (Å²) >= 11 is 1.66. The van der Waals surface area contributed by atoms with Crippen LogP contribution in [0.1, 0.15) is 17.1 Å². The summed E-state index contributed by atoms with van der Waals surface area (Å²) in [7, 11) is 3.46. The lowest BCUT2D eigenvalue weighted by atomic mass is 9.94. The molecule has 126 valence electrons. The first kappa shape index (κ1) is 16.2. The van der Waals surface area contributed by atoms with Crippen LogP contribution in [0.3, 0.4) is 0 Å². The summed E-state index contributed by atoms with van der Waals surface area (Å²) in [6.07, 6.45) is 0.871. The lowest BCUT2D eigenvalue weighted by Gasteiger charge is -2.45. The number of piperazine rings is 1. The number of likely N-dealkylation sites (tertiary alicyclic amines) is 1. The second-order valence-corrected chi connectivity index (χ2v) is 7.64. The highest BCUT2D eigenvalue weighted by atomic mass is 32.1. The normalized spacial score (nSPS) is 25.0. The van der Waals surface area contributed by atoms with Gasteiger partial charge in [0.2, 0.25) is 5.91 Å². The van der Waals surface area contributed by atoms with Gasteiger partial charge in [0.15, 0.2) is 0 Å². The molecule has 2 aliphatic rings. The fraction of sp³-hybridized carbons (Fsp3) is 0.667. The second kappa shape index (κ2) is 6.09. The van der Waals surface area contributed by atoms with Gasteiger partial charge in [0.05, 0.1) is 16.2 Å². The summed E-state index contributed by atoms with van der Waals surface area (Å²) in [5.41, 5.74) is 0.773. The number of aryl methyl sites for hydroxylation is 1. The zero-order valence-electron chi connectivity index (χ0n) is 13.8. The molecule has 2 aliphatic heterocycles. The number of nitrogens with zero attached hydrogens (tertiary/aromatic N) is 4. The molecule has 3 rings (SSSR count). The fourth-order valence-electron chi connectivity index (χ4n) is 3.39. The molecule has 3 heterocycles. The van der Waals surface area contributed by atoms with Crippen molar-refractivity contribution in [2.45, 2.75) is 25.4 Å². The maximum absolute atomic E-state index is 12.5. The lowest BCUT2D eigenvalue weighted by Crippen LogP contribution is -2.67. The van der Waals surface area contributed by atoms with E-state index in [-0.39, 0.29) is 24.0 Å². The maximum Gasteiger partial charge on any atom is 0.320 e. The zero-order valence-corrected chi connectivity index (χ0v) is 14.7. The molecule has 1 aromatic heterocycles. The van der Waals surface area contributed by atoms with E-state index in [1.54, 1.807) is 35.2 Å². The van der Waals surface area contributed by atoms with Crippen molar-refractivity contribution in [1.29, 1.82) is 0 Å². The standard InChI is InChI=1S/C15H23N5O2S/c1-11-17-12(8-23-11)6-19-5-4-15(10-19)9-16-13(21)7-20(15)14(22)18(2)3/h8H,4-7,9-10H2,1-3H3,(H,16,21)/t15-/m0/s1. The molecule has 2 saturated heterocycles. The summed E-state index contributed by atoms with van der Waals surface area (Å²) in [5, 5.41) is 6.10. The topological polar surface area (TPSA) is 68.8 Å². The van der Waals surface area contributed by atoms with Crippen LogP contribution in [0.2, 0.25) is 0 Å². The number of nitrogens with one attached hydrogen (secondary N) is 1. The first-order valence-corrected chi connectivity index (χ1v) is 8.67. The lowest BCUT2D eigenvalue weighted by molar-refractivity contribution is -0.126. The van der Waals surface area contributed by atoms with Gasteiger partial charge in [0.25, 0.3) is 0 Å². The third-order valence-electron chi connectivity index (χ3n) is 4.57. The largest absolute Gasteiger partial charge is 0.352 e. The first-order chi connectivity index (χ1) is 10.9. The number of carbonyl (C=O) groups is 2. The number of urea groups is 1. The van der Waals surface area contributed by atoms with Gasteiger partial charge >= 0.3 is 6.03 Å². The van der Waals surface area contributed by atoms with Gasteiger partial charge in [-0.15, -0.1) is 11.3 Å². The van der Waals surface area contributed by atoms with Gasteiger partial charge in [-0.3, -0.25) is 9.69 Å². The Hall–Kier alpha value is -1.67. The Balaban J connectivity index is 1.74. The Bertz CT molecular complexity index is 617. The van der Waals surface area contributed by atoms with Gasteiger partial charge in [-0.05, 0) is 13.3 Å². The summed E-state index contributed by atoms with van der Waals surface area (Å²) in [6.45, 7) is 5.14. The molecule has 23 heavy (non-hydrogen) atoms. The first-order valence-electron chi connectivity index (χ1n) is 7.79. The smallest absolute Gasteiger partial charge is 0.320 e. The van der Waals surface area contributed by atoms with Gasteiger partial charge in [-0.25, -0.2) is 9.78 Å². The van der Waals surface area contributed by atoms with Crippen molar-refractivity contribution >= 4 is 23.3 Å². The Morgan fingerprint density at radius 2 is 2.30 bits per heavy atom. The van der Waals surface area contributed by atoms with Crippen LogP contribution in [-0.4, -0.2) is 77.4 Å². The molecular formula is C15H23N5O2S. The summed E-state index contributed by atoms with van der Waals surface area (Å²) in [5.74, 6) is -0.0839. The number of amides is 3. The van der Waals surface area contributed by atoms with Crippen LogP contribution in [0.5, 0.6) is 0 Å². The van der Waals surface area contributed by atoms with E-state index < -0.39 is 0 Å². The van der Waals surface area contributed by atoms with Crippen LogP contribution in [-0.2, 0) is 11.3 Å². The van der Waals surface area contributed by atoms with E-state index in [2.05, 4.69) is 20.6 Å². The van der Waals surface area contributed by atoms with Crippen molar-refractivity contribution < 1.29 is 9.59 Å². The van der Waals surface area contributed by atoms with E-state index in [0.717, 1.165) is 36.8 Å². The molecule has 1 N–H and O–H groups in total. The predicted molar refractivity (Wildman–Crippen MR) is 88.3 cm³/mol. The van der Waals surface area contributed by atoms with Crippen LogP contribution in [0.4, 0.5) is 4.79 Å². The van der Waals surface area contributed by atoms with Crippen molar-refractivity contribution in [3.63, 3.8) is 0 Å². The van der Waals surface area contributed by atoms with E-state index >= 15 is 0 Å². The van der Waals surface area contributed by atoms with Gasteiger partial charge < -0.3 is 15.1 Å². The summed E-state index contributed by atoms with van der Waals surface area (Å²) < 4.78 is 0. The minimum atomic E-state index is -0.305. The molecule has 1 aromatic rings. The SMILES string of the molecule is Cc1nc(CN2CC[C@]3(CNC(=O)CN3C(=O)N(C)C)C2)cs1. The molecule has 0 aliphatic carbocycles. The predicted octanol–water partition coefficient (Wildman–Crippen LogP) is 0.509. The van der Waals surface area contributed by atoms with E-state index in [1.165, 1.54) is 0 Å². The summed E-state index contributed by atoms with van der Waals surface area (Å²) in [4.78, 5) is 34.4. The molecule has 1 spiro atoms. The van der Waals surface area contributed by atoms with Gasteiger partial charge in [0, 0.05) is 45.7 Å². The number of aromatic nitrogens is 1. The molecule has 0 saturated carbocycles. The van der Waals surface area contributed by atoms with E-state index in [0.29, 0.717) is 6.54 Å². The quantitative estimate of drug-likeness (QED) is 0.854. The molecule has 8 heteroatoms. The third kappa shape index (κ3) is 3.18. The minimum Gasteiger partial charge on any atom is -0.352 e. The highest BCUT2D eigenvalue weighted by molar-refractivity contribution is 7.09. The van der Waals surface area contributed by atoms with Crippen molar-refractivity contribution in [2.24, 2.45) is 0 Å². The molecule has 0 unspecified atom stereocenters. The van der Waals surface area contributed by atoms with Crippen LogP contribution >= 0.6 is 11.3 Å². The van der Waals surface area contributed by atoms with Gasteiger partial charge in [-0.1, -0.05) is 0 Å². The summed E-state index contributed by atoms with van der Waals surface area (Å²) in [6, 6.07) is -0.0915. The van der Waals surface area contributed by atoms with Crippen LogP contribution < -0.4 is 5.32 Å². The van der Waals surface area contributed by atoms with Gasteiger partial charge in [-0.2, -0.15) is 0 Å².